The zero-order valence-corrected chi connectivity index (χ0v) is 17.6. The van der Waals surface area contributed by atoms with E-state index in [2.05, 4.69) is 0 Å². The fourth-order valence-electron chi connectivity index (χ4n) is 3.32. The van der Waals surface area contributed by atoms with Crippen LogP contribution in [0.3, 0.4) is 0 Å². The van der Waals surface area contributed by atoms with Crippen LogP contribution >= 0.6 is 22.6 Å². The first-order chi connectivity index (χ1) is 12.8. The molecule has 1 heterocycles. The number of hydrogen-bond donors (Lipinski definition) is 0. The molecule has 0 saturated carbocycles. The van der Waals surface area contributed by atoms with Crippen LogP contribution in [0.25, 0.3) is 0 Å². The number of hydrogen-bond acceptors (Lipinski definition) is 2. The highest BCUT2D eigenvalue weighted by Crippen LogP contribution is 2.26. The van der Waals surface area contributed by atoms with Crippen molar-refractivity contribution >= 4 is 34.4 Å². The molecular weight excluding hydrogens is 458 g/mol. The third-order valence-corrected chi connectivity index (χ3v) is 5.94. The molecule has 1 fully saturated rings. The summed E-state index contributed by atoms with van der Waals surface area (Å²) in [4.78, 5) is 29.3. The van der Waals surface area contributed by atoms with E-state index in [9.17, 15) is 14.0 Å². The van der Waals surface area contributed by atoms with Crippen LogP contribution in [0.2, 0.25) is 0 Å². The molecule has 2 amide bonds. The van der Waals surface area contributed by atoms with Crippen molar-refractivity contribution < 1.29 is 14.0 Å². The summed E-state index contributed by atoms with van der Waals surface area (Å²) in [7, 11) is 0. The average Bonchev–Trinajstić information content (AvgIpc) is 2.68. The molecule has 4 nitrogen and oxygen atoms in total. The summed E-state index contributed by atoms with van der Waals surface area (Å²) in [5.74, 6) is -0.402. The maximum Gasteiger partial charge on any atom is 0.255 e. The number of rotatable bonds is 3. The first-order valence-corrected chi connectivity index (χ1v) is 9.98. The molecule has 1 saturated heterocycles. The maximum atomic E-state index is 13.3. The fraction of sp³-hybridized carbons (Fsp3) is 0.333. The number of benzene rings is 2. The van der Waals surface area contributed by atoms with Crippen molar-refractivity contribution in [2.75, 3.05) is 26.2 Å². The van der Waals surface area contributed by atoms with Gasteiger partial charge in [0.1, 0.15) is 5.82 Å². The SMILES string of the molecule is CC(C)(C(=O)N1CCN(C(=O)c2ccc(F)cc2I)CC1)c1ccccc1. The van der Waals surface area contributed by atoms with Crippen molar-refractivity contribution in [2.45, 2.75) is 19.3 Å². The van der Waals surface area contributed by atoms with Gasteiger partial charge in [-0.25, -0.2) is 4.39 Å². The lowest BCUT2D eigenvalue weighted by molar-refractivity contribution is -0.137. The highest BCUT2D eigenvalue weighted by Gasteiger charge is 2.35. The highest BCUT2D eigenvalue weighted by atomic mass is 127. The Morgan fingerprint density at radius 2 is 1.56 bits per heavy atom. The van der Waals surface area contributed by atoms with Crippen molar-refractivity contribution in [3.05, 3.63) is 69.0 Å². The van der Waals surface area contributed by atoms with Crippen molar-refractivity contribution in [3.63, 3.8) is 0 Å². The van der Waals surface area contributed by atoms with E-state index in [0.717, 1.165) is 5.56 Å². The largest absolute Gasteiger partial charge is 0.338 e. The van der Waals surface area contributed by atoms with Gasteiger partial charge in [0.2, 0.25) is 5.91 Å². The standard InChI is InChI=1S/C21H22FIN2O2/c1-21(2,15-6-4-3-5-7-15)20(27)25-12-10-24(11-13-25)19(26)17-9-8-16(22)14-18(17)23/h3-9,14H,10-13H2,1-2H3. The molecule has 27 heavy (non-hydrogen) atoms. The number of carbonyl (C=O) groups excluding carboxylic acids is 2. The average molecular weight is 480 g/mol. The second-order valence-electron chi connectivity index (χ2n) is 7.20. The zero-order valence-electron chi connectivity index (χ0n) is 15.4. The second kappa shape index (κ2) is 7.96. The monoisotopic (exact) mass is 480 g/mol. The Kier molecular flexibility index (Phi) is 5.83. The van der Waals surface area contributed by atoms with Gasteiger partial charge in [0.05, 0.1) is 11.0 Å². The van der Waals surface area contributed by atoms with Crippen LogP contribution in [-0.2, 0) is 10.2 Å². The topological polar surface area (TPSA) is 40.6 Å². The van der Waals surface area contributed by atoms with Crippen LogP contribution in [0.4, 0.5) is 4.39 Å². The first kappa shape index (κ1) is 19.8. The molecule has 0 atom stereocenters. The Hall–Kier alpha value is -1.96. The smallest absolute Gasteiger partial charge is 0.255 e. The van der Waals surface area contributed by atoms with E-state index in [4.69, 9.17) is 0 Å². The molecule has 1 aliphatic heterocycles. The van der Waals surface area contributed by atoms with Crippen molar-refractivity contribution in [3.8, 4) is 0 Å². The lowest BCUT2D eigenvalue weighted by Gasteiger charge is -2.39. The summed E-state index contributed by atoms with van der Waals surface area (Å²) in [6, 6.07) is 13.9. The number of carbonyl (C=O) groups is 2. The molecular formula is C21H22FIN2O2. The molecule has 1 aliphatic rings. The fourth-order valence-corrected chi connectivity index (χ4v) is 4.03. The number of halogens is 2. The van der Waals surface area contributed by atoms with E-state index in [1.165, 1.54) is 18.2 Å². The molecule has 0 spiro atoms. The Labute approximate surface area is 172 Å². The van der Waals surface area contributed by atoms with E-state index < -0.39 is 5.41 Å². The van der Waals surface area contributed by atoms with E-state index in [1.807, 2.05) is 71.7 Å². The lowest BCUT2D eigenvalue weighted by Crippen LogP contribution is -2.54. The Morgan fingerprint density at radius 1 is 0.963 bits per heavy atom. The van der Waals surface area contributed by atoms with Crippen molar-refractivity contribution in [1.29, 1.82) is 0 Å². The third kappa shape index (κ3) is 4.15. The molecule has 0 aromatic heterocycles. The van der Waals surface area contributed by atoms with Crippen LogP contribution in [0.1, 0.15) is 29.8 Å². The summed E-state index contributed by atoms with van der Waals surface area (Å²) >= 11 is 1.98. The summed E-state index contributed by atoms with van der Waals surface area (Å²) in [5.41, 5.74) is 0.871. The molecule has 0 N–H and O–H groups in total. The molecule has 0 radical (unpaired) electrons. The van der Waals surface area contributed by atoms with Crippen molar-refractivity contribution in [2.24, 2.45) is 0 Å². The van der Waals surface area contributed by atoms with Gasteiger partial charge in [0.15, 0.2) is 0 Å². The Morgan fingerprint density at radius 3 is 2.15 bits per heavy atom. The van der Waals surface area contributed by atoms with E-state index >= 15 is 0 Å². The van der Waals surface area contributed by atoms with Crippen LogP contribution in [0.5, 0.6) is 0 Å². The summed E-state index contributed by atoms with van der Waals surface area (Å²) in [6.45, 7) is 5.81. The summed E-state index contributed by atoms with van der Waals surface area (Å²) in [5, 5.41) is 0. The van der Waals surface area contributed by atoms with Gasteiger partial charge >= 0.3 is 0 Å². The minimum absolute atomic E-state index is 0.0668. The molecule has 2 aromatic rings. The molecule has 0 aliphatic carbocycles. The van der Waals surface area contributed by atoms with E-state index in [1.54, 1.807) is 4.90 Å². The molecule has 3 rings (SSSR count). The quantitative estimate of drug-likeness (QED) is 0.629. The van der Waals surface area contributed by atoms with Gasteiger partial charge < -0.3 is 9.80 Å². The van der Waals surface area contributed by atoms with Gasteiger partial charge in [-0.2, -0.15) is 0 Å². The van der Waals surface area contributed by atoms with Crippen LogP contribution in [-0.4, -0.2) is 47.8 Å². The van der Waals surface area contributed by atoms with E-state index in [0.29, 0.717) is 35.3 Å². The summed E-state index contributed by atoms with van der Waals surface area (Å²) < 4.78 is 13.9. The van der Waals surface area contributed by atoms with Gasteiger partial charge in [-0.15, -0.1) is 0 Å². The van der Waals surface area contributed by atoms with Gasteiger partial charge in [-0.3, -0.25) is 9.59 Å². The number of piperazine rings is 1. The highest BCUT2D eigenvalue weighted by molar-refractivity contribution is 14.1. The van der Waals surface area contributed by atoms with E-state index in [-0.39, 0.29) is 17.6 Å². The molecule has 0 unspecified atom stereocenters. The minimum atomic E-state index is -0.611. The Bertz CT molecular complexity index is 847. The lowest BCUT2D eigenvalue weighted by atomic mass is 9.83. The zero-order chi connectivity index (χ0) is 19.6. The van der Waals surface area contributed by atoms with Crippen LogP contribution in [0.15, 0.2) is 48.5 Å². The predicted molar refractivity (Wildman–Crippen MR) is 111 cm³/mol. The number of nitrogens with zero attached hydrogens (tertiary/aromatic N) is 2. The predicted octanol–water partition coefficient (Wildman–Crippen LogP) is 3.69. The minimum Gasteiger partial charge on any atom is -0.338 e. The molecule has 2 aromatic carbocycles. The van der Waals surface area contributed by atoms with Gasteiger partial charge in [0, 0.05) is 29.7 Å². The molecule has 142 valence electrons. The van der Waals surface area contributed by atoms with Crippen LogP contribution < -0.4 is 0 Å². The maximum absolute atomic E-state index is 13.3. The summed E-state index contributed by atoms with van der Waals surface area (Å²) in [6.07, 6.45) is 0. The van der Waals surface area contributed by atoms with Crippen LogP contribution in [0, 0.1) is 9.39 Å². The van der Waals surface area contributed by atoms with Gasteiger partial charge in [-0.05, 0) is 60.2 Å². The third-order valence-electron chi connectivity index (χ3n) is 5.05. The van der Waals surface area contributed by atoms with Crippen molar-refractivity contribution in [1.82, 2.24) is 9.80 Å². The second-order valence-corrected chi connectivity index (χ2v) is 8.36. The Balaban J connectivity index is 1.66. The van der Waals surface area contributed by atoms with Gasteiger partial charge in [-0.1, -0.05) is 30.3 Å². The van der Waals surface area contributed by atoms with Gasteiger partial charge in [0.25, 0.3) is 5.91 Å². The number of amides is 2. The normalized spacial score (nSPS) is 15.0. The molecule has 6 heteroatoms. The molecule has 0 bridgehead atoms. The first-order valence-electron chi connectivity index (χ1n) is 8.90.